The van der Waals surface area contributed by atoms with Crippen molar-refractivity contribution in [2.75, 3.05) is 20.3 Å². The van der Waals surface area contributed by atoms with E-state index >= 15 is 0 Å². The van der Waals surface area contributed by atoms with Crippen molar-refractivity contribution in [3.05, 3.63) is 15.8 Å². The number of carboxylic acid groups (broad SMARTS) is 1. The van der Waals surface area contributed by atoms with Gasteiger partial charge in [0.2, 0.25) is 10.0 Å². The van der Waals surface area contributed by atoms with Gasteiger partial charge in [-0.15, -0.1) is 11.3 Å². The number of aliphatic carboxylic acids is 1. The maximum Gasteiger partial charge on any atom is 0.327 e. The van der Waals surface area contributed by atoms with Crippen LogP contribution in [0.15, 0.2) is 10.3 Å². The third-order valence-electron chi connectivity index (χ3n) is 3.85. The Morgan fingerprint density at radius 1 is 1.52 bits per heavy atom. The van der Waals surface area contributed by atoms with Crippen molar-refractivity contribution in [1.82, 2.24) is 4.31 Å². The van der Waals surface area contributed by atoms with Gasteiger partial charge in [0.05, 0.1) is 11.5 Å². The molecule has 1 aromatic heterocycles. The predicted octanol–water partition coefficient (Wildman–Crippen LogP) is 1.62. The van der Waals surface area contributed by atoms with Gasteiger partial charge in [-0.2, -0.15) is 4.31 Å². The molecule has 2 rings (SSSR count). The predicted molar refractivity (Wildman–Crippen MR) is 79.2 cm³/mol. The van der Waals surface area contributed by atoms with Crippen molar-refractivity contribution >= 4 is 27.3 Å². The number of carboxylic acids is 1. The van der Waals surface area contributed by atoms with Gasteiger partial charge in [0.25, 0.3) is 0 Å². The lowest BCUT2D eigenvalue weighted by atomic mass is 9.99. The second-order valence-corrected chi connectivity index (χ2v) is 8.14. The molecule has 0 radical (unpaired) electrons. The van der Waals surface area contributed by atoms with E-state index in [4.69, 9.17) is 4.74 Å². The number of aryl methyl sites for hydroxylation is 2. The first-order valence-electron chi connectivity index (χ1n) is 6.57. The summed E-state index contributed by atoms with van der Waals surface area (Å²) in [6.45, 7) is 3.52. The molecule has 0 aliphatic carbocycles. The van der Waals surface area contributed by atoms with E-state index in [1.165, 1.54) is 18.4 Å². The first-order chi connectivity index (χ1) is 9.77. The molecule has 1 aromatic rings. The highest BCUT2D eigenvalue weighted by molar-refractivity contribution is 7.89. The second kappa shape index (κ2) is 5.68. The van der Waals surface area contributed by atoms with Gasteiger partial charge in [-0.25, -0.2) is 8.42 Å². The summed E-state index contributed by atoms with van der Waals surface area (Å²) in [5.74, 6) is -1.16. The fourth-order valence-corrected chi connectivity index (χ4v) is 6.29. The quantitative estimate of drug-likeness (QED) is 0.885. The maximum absolute atomic E-state index is 12.9. The van der Waals surface area contributed by atoms with Crippen molar-refractivity contribution in [2.24, 2.45) is 0 Å². The molecule has 6 nitrogen and oxygen atoms in total. The topological polar surface area (TPSA) is 83.9 Å². The maximum atomic E-state index is 12.9. The van der Waals surface area contributed by atoms with E-state index in [1.807, 2.05) is 0 Å². The molecule has 1 aliphatic rings. The molecule has 1 aliphatic heterocycles. The van der Waals surface area contributed by atoms with E-state index in [0.29, 0.717) is 16.9 Å². The van der Waals surface area contributed by atoms with Gasteiger partial charge in [0.1, 0.15) is 0 Å². The fraction of sp³-hybridized carbons (Fsp3) is 0.615. The molecule has 1 atom stereocenters. The zero-order valence-corrected chi connectivity index (χ0v) is 13.9. The van der Waals surface area contributed by atoms with Crippen LogP contribution in [0.3, 0.4) is 0 Å². The zero-order chi connectivity index (χ0) is 15.8. The van der Waals surface area contributed by atoms with Crippen molar-refractivity contribution < 1.29 is 23.1 Å². The summed E-state index contributed by atoms with van der Waals surface area (Å²) in [5.41, 5.74) is -0.852. The fourth-order valence-electron chi connectivity index (χ4n) is 2.92. The van der Waals surface area contributed by atoms with Gasteiger partial charge in [0, 0.05) is 18.5 Å². The van der Waals surface area contributed by atoms with E-state index in [0.717, 1.165) is 4.31 Å². The smallest absolute Gasteiger partial charge is 0.327 e. The Bertz CT molecular complexity index is 632. The Kier molecular flexibility index (Phi) is 4.44. The van der Waals surface area contributed by atoms with E-state index in [1.54, 1.807) is 19.2 Å². The summed E-state index contributed by atoms with van der Waals surface area (Å²) in [4.78, 5) is 12.6. The number of rotatable bonds is 5. The molecule has 2 heterocycles. The summed E-state index contributed by atoms with van der Waals surface area (Å²) in [7, 11) is -2.46. The normalized spacial score (nSPS) is 23.6. The Morgan fingerprint density at radius 2 is 2.19 bits per heavy atom. The van der Waals surface area contributed by atoms with Crippen molar-refractivity contribution in [2.45, 2.75) is 37.1 Å². The lowest BCUT2D eigenvalue weighted by Gasteiger charge is -2.33. The molecule has 8 heteroatoms. The van der Waals surface area contributed by atoms with Crippen LogP contribution in [0.4, 0.5) is 0 Å². The highest BCUT2D eigenvalue weighted by Crippen LogP contribution is 2.38. The van der Waals surface area contributed by atoms with E-state index in [-0.39, 0.29) is 24.5 Å². The highest BCUT2D eigenvalue weighted by Gasteiger charge is 2.54. The first-order valence-corrected chi connectivity index (χ1v) is 8.89. The molecule has 0 aromatic carbocycles. The third kappa shape index (κ3) is 2.50. The van der Waals surface area contributed by atoms with E-state index < -0.39 is 21.5 Å². The van der Waals surface area contributed by atoms with Gasteiger partial charge in [-0.05, 0) is 37.6 Å². The minimum absolute atomic E-state index is 0.149. The SMILES string of the molecule is COCC1(C(=O)O)CCCN1S(=O)(=O)c1c(C)csc1C. The van der Waals surface area contributed by atoms with Crippen LogP contribution in [0.1, 0.15) is 23.3 Å². The number of carbonyl (C=O) groups is 1. The average Bonchev–Trinajstić information content (AvgIpc) is 2.95. The Morgan fingerprint density at radius 3 is 2.67 bits per heavy atom. The molecule has 0 saturated carbocycles. The average molecular weight is 333 g/mol. The van der Waals surface area contributed by atoms with Crippen LogP contribution in [0.5, 0.6) is 0 Å². The van der Waals surface area contributed by atoms with Crippen LogP contribution in [-0.4, -0.2) is 49.6 Å². The van der Waals surface area contributed by atoms with Crippen molar-refractivity contribution in [3.8, 4) is 0 Å². The summed E-state index contributed by atoms with van der Waals surface area (Å²) in [6, 6.07) is 0. The summed E-state index contributed by atoms with van der Waals surface area (Å²) in [5, 5.41) is 11.4. The van der Waals surface area contributed by atoms with Crippen LogP contribution in [-0.2, 0) is 19.6 Å². The number of nitrogens with zero attached hydrogens (tertiary/aromatic N) is 1. The molecule has 21 heavy (non-hydrogen) atoms. The molecule has 1 unspecified atom stereocenters. The second-order valence-electron chi connectivity index (χ2n) is 5.25. The lowest BCUT2D eigenvalue weighted by molar-refractivity contribution is -0.150. The Labute approximate surface area is 128 Å². The number of hydrogen-bond donors (Lipinski definition) is 1. The largest absolute Gasteiger partial charge is 0.480 e. The zero-order valence-electron chi connectivity index (χ0n) is 12.2. The molecule has 0 amide bonds. The van der Waals surface area contributed by atoms with Crippen LogP contribution in [0.2, 0.25) is 0 Å². The molecule has 118 valence electrons. The molecular formula is C13H19NO5S2. The standard InChI is InChI=1S/C13H19NO5S2/c1-9-7-20-10(2)11(9)21(17,18)14-6-4-5-13(14,8-19-3)12(15)16/h7H,4-6,8H2,1-3H3,(H,15,16). The Balaban J connectivity index is 2.56. The molecule has 1 saturated heterocycles. The van der Waals surface area contributed by atoms with Crippen LogP contribution < -0.4 is 0 Å². The van der Waals surface area contributed by atoms with Gasteiger partial charge >= 0.3 is 5.97 Å². The van der Waals surface area contributed by atoms with Gasteiger partial charge in [-0.1, -0.05) is 0 Å². The number of thiophene rings is 1. The summed E-state index contributed by atoms with van der Waals surface area (Å²) in [6.07, 6.45) is 0.773. The number of ether oxygens (including phenoxy) is 1. The molecule has 0 spiro atoms. The van der Waals surface area contributed by atoms with Crippen molar-refractivity contribution in [3.63, 3.8) is 0 Å². The number of sulfonamides is 1. The van der Waals surface area contributed by atoms with E-state index in [2.05, 4.69) is 0 Å². The number of methoxy groups -OCH3 is 1. The third-order valence-corrected chi connectivity index (χ3v) is 7.26. The van der Waals surface area contributed by atoms with Crippen LogP contribution in [0, 0.1) is 13.8 Å². The van der Waals surface area contributed by atoms with E-state index in [9.17, 15) is 18.3 Å². The lowest BCUT2D eigenvalue weighted by Crippen LogP contribution is -2.56. The van der Waals surface area contributed by atoms with Crippen molar-refractivity contribution in [1.29, 1.82) is 0 Å². The molecular weight excluding hydrogens is 314 g/mol. The van der Waals surface area contributed by atoms with Gasteiger partial charge in [-0.3, -0.25) is 4.79 Å². The first kappa shape index (κ1) is 16.4. The number of hydrogen-bond acceptors (Lipinski definition) is 5. The summed E-state index contributed by atoms with van der Waals surface area (Å²) < 4.78 is 32.0. The Hall–Kier alpha value is -0.960. The minimum atomic E-state index is -3.85. The molecule has 1 N–H and O–H groups in total. The van der Waals surface area contributed by atoms with Gasteiger partial charge in [0.15, 0.2) is 5.54 Å². The summed E-state index contributed by atoms with van der Waals surface area (Å²) >= 11 is 1.35. The van der Waals surface area contributed by atoms with Gasteiger partial charge < -0.3 is 9.84 Å². The molecule has 1 fully saturated rings. The molecule has 0 bridgehead atoms. The highest BCUT2D eigenvalue weighted by atomic mass is 32.2. The monoisotopic (exact) mass is 333 g/mol. The van der Waals surface area contributed by atoms with Crippen LogP contribution >= 0.6 is 11.3 Å². The van der Waals surface area contributed by atoms with Crippen LogP contribution in [0.25, 0.3) is 0 Å². The minimum Gasteiger partial charge on any atom is -0.480 e.